The molecule has 0 radical (unpaired) electrons. The molecule has 0 spiro atoms. The molecule has 0 N–H and O–H groups in total. The molecule has 2 aromatic heterocycles. The molecule has 272 valence electrons. The number of furan rings is 1. The van der Waals surface area contributed by atoms with Crippen LogP contribution in [0.15, 0.2) is 217 Å². The molecule has 0 amide bonds. The van der Waals surface area contributed by atoms with Gasteiger partial charge in [0.2, 0.25) is 0 Å². The minimum Gasteiger partial charge on any atom is -0.455 e. The lowest BCUT2D eigenvalue weighted by atomic mass is 9.68. The molecular formula is C55H35NOS. The van der Waals surface area contributed by atoms with Crippen molar-refractivity contribution in [3.63, 3.8) is 0 Å². The average Bonchev–Trinajstić information content (AvgIpc) is 3.96. The van der Waals surface area contributed by atoms with Gasteiger partial charge in [-0.15, -0.1) is 11.3 Å². The van der Waals surface area contributed by atoms with Gasteiger partial charge < -0.3 is 9.32 Å². The Hall–Kier alpha value is -7.20. The zero-order valence-corrected chi connectivity index (χ0v) is 32.3. The van der Waals surface area contributed by atoms with E-state index in [1.165, 1.54) is 53.6 Å². The summed E-state index contributed by atoms with van der Waals surface area (Å²) in [7, 11) is 0. The monoisotopic (exact) mass is 757 g/mol. The molecule has 9 aromatic carbocycles. The number of hydrogen-bond acceptors (Lipinski definition) is 3. The molecule has 2 heterocycles. The van der Waals surface area contributed by atoms with Gasteiger partial charge in [-0.25, -0.2) is 0 Å². The number of fused-ring (bicyclic) bond motifs is 10. The number of hydrogen-bond donors (Lipinski definition) is 0. The first-order valence-electron chi connectivity index (χ1n) is 19.8. The van der Waals surface area contributed by atoms with Crippen LogP contribution in [0.4, 0.5) is 17.1 Å². The molecule has 0 unspecified atom stereocenters. The third-order valence-corrected chi connectivity index (χ3v) is 13.3. The zero-order valence-electron chi connectivity index (χ0n) is 31.5. The number of anilines is 3. The van der Waals surface area contributed by atoms with Crippen molar-refractivity contribution in [3.05, 3.63) is 235 Å². The fourth-order valence-electron chi connectivity index (χ4n) is 9.75. The van der Waals surface area contributed by atoms with Crippen molar-refractivity contribution in [3.8, 4) is 22.3 Å². The lowest BCUT2D eigenvalue weighted by molar-refractivity contribution is 0.674. The Morgan fingerprint density at radius 2 is 0.983 bits per heavy atom. The number of nitrogens with zero attached hydrogens (tertiary/aromatic N) is 1. The maximum absolute atomic E-state index is 6.91. The fraction of sp³-hybridized carbons (Fsp3) is 0.0182. The molecule has 0 saturated carbocycles. The Balaban J connectivity index is 1.04. The van der Waals surface area contributed by atoms with Crippen molar-refractivity contribution in [1.82, 2.24) is 0 Å². The molecule has 0 bridgehead atoms. The summed E-state index contributed by atoms with van der Waals surface area (Å²) in [6, 6.07) is 77.3. The van der Waals surface area contributed by atoms with Gasteiger partial charge >= 0.3 is 0 Å². The van der Waals surface area contributed by atoms with Gasteiger partial charge in [0.1, 0.15) is 11.2 Å². The predicted molar refractivity (Wildman–Crippen MR) is 244 cm³/mol. The molecule has 1 aliphatic rings. The minimum atomic E-state index is -0.483. The summed E-state index contributed by atoms with van der Waals surface area (Å²) < 4.78 is 9.44. The van der Waals surface area contributed by atoms with E-state index in [0.29, 0.717) is 0 Å². The Labute approximate surface area is 340 Å². The van der Waals surface area contributed by atoms with Gasteiger partial charge in [-0.3, -0.25) is 0 Å². The normalized spacial score (nSPS) is 13.0. The summed E-state index contributed by atoms with van der Waals surface area (Å²) in [6.07, 6.45) is 0. The van der Waals surface area contributed by atoms with Crippen molar-refractivity contribution >= 4 is 70.5 Å². The Morgan fingerprint density at radius 3 is 1.76 bits per heavy atom. The number of para-hydroxylation sites is 2. The molecule has 2 nitrogen and oxygen atoms in total. The molecule has 0 aliphatic heterocycles. The van der Waals surface area contributed by atoms with Crippen molar-refractivity contribution in [2.75, 3.05) is 4.90 Å². The second-order valence-corrected chi connectivity index (χ2v) is 16.2. The molecule has 11 aromatic rings. The third kappa shape index (κ3) is 4.71. The molecule has 1 aliphatic carbocycles. The van der Waals surface area contributed by atoms with Crippen molar-refractivity contribution in [2.24, 2.45) is 0 Å². The van der Waals surface area contributed by atoms with Crippen molar-refractivity contribution in [1.29, 1.82) is 0 Å². The Bertz CT molecular complexity index is 3290. The summed E-state index contributed by atoms with van der Waals surface area (Å²) in [6.45, 7) is 0. The summed E-state index contributed by atoms with van der Waals surface area (Å²) in [4.78, 5) is 2.42. The van der Waals surface area contributed by atoms with Crippen LogP contribution in [0.1, 0.15) is 22.3 Å². The van der Waals surface area contributed by atoms with Crippen LogP contribution >= 0.6 is 11.3 Å². The predicted octanol–water partition coefficient (Wildman–Crippen LogP) is 15.5. The third-order valence-electron chi connectivity index (χ3n) is 12.2. The second-order valence-electron chi connectivity index (χ2n) is 15.1. The van der Waals surface area contributed by atoms with Crippen LogP contribution in [0.5, 0.6) is 0 Å². The lowest BCUT2D eigenvalue weighted by Gasteiger charge is -2.34. The first kappa shape index (κ1) is 33.0. The van der Waals surface area contributed by atoms with Crippen LogP contribution in [-0.2, 0) is 5.41 Å². The number of benzene rings is 9. The summed E-state index contributed by atoms with van der Waals surface area (Å²) >= 11 is 1.82. The highest BCUT2D eigenvalue weighted by Gasteiger charge is 2.47. The highest BCUT2D eigenvalue weighted by atomic mass is 32.1. The molecule has 3 heteroatoms. The summed E-state index contributed by atoms with van der Waals surface area (Å²) in [5, 5.41) is 4.74. The Morgan fingerprint density at radius 1 is 0.397 bits per heavy atom. The maximum Gasteiger partial charge on any atom is 0.144 e. The van der Waals surface area contributed by atoms with Gasteiger partial charge in [0.25, 0.3) is 0 Å². The van der Waals surface area contributed by atoms with Crippen molar-refractivity contribution < 1.29 is 4.42 Å². The van der Waals surface area contributed by atoms with E-state index >= 15 is 0 Å². The van der Waals surface area contributed by atoms with Gasteiger partial charge in [-0.1, -0.05) is 164 Å². The van der Waals surface area contributed by atoms with Gasteiger partial charge in [0.05, 0.1) is 11.1 Å². The van der Waals surface area contributed by atoms with Crippen LogP contribution in [0, 0.1) is 0 Å². The van der Waals surface area contributed by atoms with Crippen molar-refractivity contribution in [2.45, 2.75) is 5.41 Å². The van der Waals surface area contributed by atoms with Crippen LogP contribution in [-0.4, -0.2) is 0 Å². The smallest absolute Gasteiger partial charge is 0.144 e. The van der Waals surface area contributed by atoms with Gasteiger partial charge in [-0.05, 0) is 81.9 Å². The highest BCUT2D eigenvalue weighted by Crippen LogP contribution is 2.59. The topological polar surface area (TPSA) is 16.4 Å². The lowest BCUT2D eigenvalue weighted by Crippen LogP contribution is -2.28. The van der Waals surface area contributed by atoms with Gasteiger partial charge in [0, 0.05) is 53.4 Å². The zero-order chi connectivity index (χ0) is 38.2. The first-order valence-corrected chi connectivity index (χ1v) is 20.7. The van der Waals surface area contributed by atoms with E-state index in [9.17, 15) is 0 Å². The number of rotatable bonds is 6. The number of thiophene rings is 1. The van der Waals surface area contributed by atoms with E-state index in [1.54, 1.807) is 0 Å². The van der Waals surface area contributed by atoms with Crippen LogP contribution in [0.3, 0.4) is 0 Å². The minimum absolute atomic E-state index is 0.483. The maximum atomic E-state index is 6.91. The van der Waals surface area contributed by atoms with Gasteiger partial charge in [-0.2, -0.15) is 0 Å². The van der Waals surface area contributed by atoms with Gasteiger partial charge in [0.15, 0.2) is 0 Å². The SMILES string of the molecule is c1ccc(N(c2ccc(-c3cccc4c3oc3c4ccc4sc5ccccc5c43)cc2)c2cccc3c2-c2ccccc2C3(c2ccccc2)c2ccccc2)cc1. The Kier molecular flexibility index (Phi) is 7.35. The molecule has 12 rings (SSSR count). The first-order chi connectivity index (χ1) is 28.8. The average molecular weight is 758 g/mol. The van der Waals surface area contributed by atoms with E-state index in [-0.39, 0.29) is 0 Å². The largest absolute Gasteiger partial charge is 0.455 e. The van der Waals surface area contributed by atoms with E-state index < -0.39 is 5.41 Å². The summed E-state index contributed by atoms with van der Waals surface area (Å²) in [5.74, 6) is 0. The summed E-state index contributed by atoms with van der Waals surface area (Å²) in [5.41, 5.74) is 14.5. The standard InChI is InChI=1S/C55H35NOS/c1-4-16-37(17-5-1)55(38-18-6-2-7-19-38)46-26-12-10-22-44(46)51-47(55)27-15-28-48(51)56(39-20-8-3-9-21-39)40-32-30-36(31-33-40)41-24-14-25-42-43-34-35-50-52(54(43)57-53(41)42)45-23-11-13-29-49(45)58-50/h1-35H. The highest BCUT2D eigenvalue weighted by molar-refractivity contribution is 7.26. The van der Waals surface area contributed by atoms with E-state index in [2.05, 4.69) is 217 Å². The second kappa shape index (κ2) is 12.9. The fourth-order valence-corrected chi connectivity index (χ4v) is 10.9. The molecule has 0 saturated heterocycles. The quantitative estimate of drug-likeness (QED) is 0.168. The van der Waals surface area contributed by atoms with E-state index in [1.807, 2.05) is 11.3 Å². The van der Waals surface area contributed by atoms with Crippen LogP contribution < -0.4 is 4.90 Å². The molecular weight excluding hydrogens is 723 g/mol. The molecule has 0 fully saturated rings. The molecule has 58 heavy (non-hydrogen) atoms. The van der Waals surface area contributed by atoms with Crippen LogP contribution in [0.25, 0.3) is 64.4 Å². The van der Waals surface area contributed by atoms with E-state index in [0.717, 1.165) is 50.1 Å². The van der Waals surface area contributed by atoms with E-state index in [4.69, 9.17) is 4.42 Å². The molecule has 0 atom stereocenters. The van der Waals surface area contributed by atoms with Crippen LogP contribution in [0.2, 0.25) is 0 Å².